The fourth-order valence-corrected chi connectivity index (χ4v) is 1.49. The molecule has 12 heavy (non-hydrogen) atoms. The Bertz CT molecular complexity index is 379. The van der Waals surface area contributed by atoms with Crippen molar-refractivity contribution in [1.29, 1.82) is 0 Å². The molecule has 0 aliphatic carbocycles. The van der Waals surface area contributed by atoms with E-state index in [1.807, 2.05) is 25.1 Å². The maximum atomic E-state index is 11.3. The van der Waals surface area contributed by atoms with Crippen molar-refractivity contribution in [1.82, 2.24) is 5.32 Å². The first kappa shape index (κ1) is 7.10. The first-order chi connectivity index (χ1) is 5.70. The zero-order chi connectivity index (χ0) is 8.72. The minimum absolute atomic E-state index is 0.0342. The van der Waals surface area contributed by atoms with Gasteiger partial charge in [-0.15, -0.1) is 0 Å². The van der Waals surface area contributed by atoms with Crippen LogP contribution < -0.4 is 5.32 Å². The van der Waals surface area contributed by atoms with Crippen LogP contribution in [0.4, 0.5) is 0 Å². The lowest BCUT2D eigenvalue weighted by molar-refractivity contribution is 0.0980. The maximum absolute atomic E-state index is 11.3. The highest BCUT2D eigenvalue weighted by atomic mass is 16.1. The molecule has 1 N–H and O–H groups in total. The standard InChI is InChI=1S/C10H9NO/c1-6-4-3-5-8-7(2)11-10(12)9(6)8/h3-5H,2H2,1H3,(H,11,12). The Hall–Kier alpha value is -1.57. The molecule has 0 bridgehead atoms. The zero-order valence-electron chi connectivity index (χ0n) is 6.85. The van der Waals surface area contributed by atoms with Crippen LogP contribution in [-0.2, 0) is 0 Å². The first-order valence-corrected chi connectivity index (χ1v) is 3.80. The first-order valence-electron chi connectivity index (χ1n) is 3.80. The second-order valence-corrected chi connectivity index (χ2v) is 2.93. The van der Waals surface area contributed by atoms with Crippen LogP contribution in [0.2, 0.25) is 0 Å². The second-order valence-electron chi connectivity index (χ2n) is 2.93. The molecule has 1 aliphatic rings. The summed E-state index contributed by atoms with van der Waals surface area (Å²) in [6.07, 6.45) is 0. The Labute approximate surface area is 70.9 Å². The highest BCUT2D eigenvalue weighted by Gasteiger charge is 2.23. The van der Waals surface area contributed by atoms with Gasteiger partial charge in [0, 0.05) is 11.3 Å². The molecule has 2 heteroatoms. The van der Waals surface area contributed by atoms with Crippen LogP contribution >= 0.6 is 0 Å². The third-order valence-corrected chi connectivity index (χ3v) is 2.09. The van der Waals surface area contributed by atoms with E-state index in [1.54, 1.807) is 0 Å². The van der Waals surface area contributed by atoms with Crippen molar-refractivity contribution in [3.05, 3.63) is 41.5 Å². The van der Waals surface area contributed by atoms with E-state index < -0.39 is 0 Å². The number of fused-ring (bicyclic) bond motifs is 1. The van der Waals surface area contributed by atoms with E-state index in [0.717, 1.165) is 16.7 Å². The summed E-state index contributed by atoms with van der Waals surface area (Å²) in [4.78, 5) is 11.3. The average Bonchev–Trinajstić information content (AvgIpc) is 2.29. The van der Waals surface area contributed by atoms with Gasteiger partial charge in [0.25, 0.3) is 5.91 Å². The molecule has 1 aromatic carbocycles. The number of benzene rings is 1. The molecule has 0 fully saturated rings. The minimum Gasteiger partial charge on any atom is -0.322 e. The lowest BCUT2D eigenvalue weighted by Gasteiger charge is -1.98. The van der Waals surface area contributed by atoms with Gasteiger partial charge in [-0.3, -0.25) is 4.79 Å². The molecular formula is C10H9NO. The van der Waals surface area contributed by atoms with Crippen molar-refractivity contribution >= 4 is 11.6 Å². The number of hydrogen-bond acceptors (Lipinski definition) is 1. The lowest BCUT2D eigenvalue weighted by atomic mass is 10.0. The van der Waals surface area contributed by atoms with Crippen LogP contribution in [0.15, 0.2) is 24.8 Å². The zero-order valence-corrected chi connectivity index (χ0v) is 6.85. The van der Waals surface area contributed by atoms with E-state index in [9.17, 15) is 4.79 Å². The quantitative estimate of drug-likeness (QED) is 0.613. The van der Waals surface area contributed by atoms with Crippen LogP contribution in [0.1, 0.15) is 21.5 Å². The van der Waals surface area contributed by atoms with E-state index in [2.05, 4.69) is 11.9 Å². The second kappa shape index (κ2) is 2.21. The summed E-state index contributed by atoms with van der Waals surface area (Å²) in [6.45, 7) is 5.68. The van der Waals surface area contributed by atoms with Gasteiger partial charge in [0.2, 0.25) is 0 Å². The molecule has 2 nitrogen and oxygen atoms in total. The fraction of sp³-hybridized carbons (Fsp3) is 0.100. The third-order valence-electron chi connectivity index (χ3n) is 2.09. The summed E-state index contributed by atoms with van der Waals surface area (Å²) in [6, 6.07) is 5.76. The fourth-order valence-electron chi connectivity index (χ4n) is 1.49. The number of amides is 1. The number of nitrogens with one attached hydrogen (secondary N) is 1. The topological polar surface area (TPSA) is 29.1 Å². The van der Waals surface area contributed by atoms with Gasteiger partial charge in [-0.1, -0.05) is 24.8 Å². The Morgan fingerprint density at radius 3 is 2.83 bits per heavy atom. The summed E-state index contributed by atoms with van der Waals surface area (Å²) in [5, 5.41) is 2.69. The molecule has 1 aromatic rings. The van der Waals surface area contributed by atoms with Crippen LogP contribution in [0.25, 0.3) is 5.70 Å². The van der Waals surface area contributed by atoms with Gasteiger partial charge in [-0.2, -0.15) is 0 Å². The normalized spacial score (nSPS) is 14.4. The highest BCUT2D eigenvalue weighted by molar-refractivity contribution is 6.09. The predicted octanol–water partition coefficient (Wildman–Crippen LogP) is 1.71. The van der Waals surface area contributed by atoms with E-state index >= 15 is 0 Å². The van der Waals surface area contributed by atoms with Crippen LogP contribution in [0.5, 0.6) is 0 Å². The maximum Gasteiger partial charge on any atom is 0.256 e. The minimum atomic E-state index is -0.0342. The molecule has 1 amide bonds. The largest absolute Gasteiger partial charge is 0.322 e. The number of carbonyl (C=O) groups is 1. The van der Waals surface area contributed by atoms with E-state index in [4.69, 9.17) is 0 Å². The van der Waals surface area contributed by atoms with Gasteiger partial charge in [-0.25, -0.2) is 0 Å². The molecule has 0 saturated carbocycles. The number of aryl methyl sites for hydroxylation is 1. The van der Waals surface area contributed by atoms with Gasteiger partial charge < -0.3 is 5.32 Å². The molecule has 2 rings (SSSR count). The van der Waals surface area contributed by atoms with Gasteiger partial charge in [-0.05, 0) is 12.5 Å². The van der Waals surface area contributed by atoms with Gasteiger partial charge in [0.05, 0.1) is 5.56 Å². The van der Waals surface area contributed by atoms with Crippen molar-refractivity contribution in [3.8, 4) is 0 Å². The van der Waals surface area contributed by atoms with Crippen molar-refractivity contribution < 1.29 is 4.79 Å². The van der Waals surface area contributed by atoms with Crippen LogP contribution in [0.3, 0.4) is 0 Å². The molecule has 1 heterocycles. The van der Waals surface area contributed by atoms with Gasteiger partial charge >= 0.3 is 0 Å². The molecule has 0 aromatic heterocycles. The molecule has 1 aliphatic heterocycles. The van der Waals surface area contributed by atoms with Gasteiger partial charge in [0.1, 0.15) is 0 Å². The molecule has 0 spiro atoms. The number of hydrogen-bond donors (Lipinski definition) is 1. The molecular weight excluding hydrogens is 150 g/mol. The molecule has 0 unspecified atom stereocenters. The van der Waals surface area contributed by atoms with Crippen molar-refractivity contribution in [2.24, 2.45) is 0 Å². The highest BCUT2D eigenvalue weighted by Crippen LogP contribution is 2.25. The third kappa shape index (κ3) is 0.780. The van der Waals surface area contributed by atoms with Crippen LogP contribution in [-0.4, -0.2) is 5.91 Å². The Morgan fingerprint density at radius 2 is 2.17 bits per heavy atom. The van der Waals surface area contributed by atoms with Crippen molar-refractivity contribution in [2.45, 2.75) is 6.92 Å². The smallest absolute Gasteiger partial charge is 0.256 e. The molecule has 0 radical (unpaired) electrons. The SMILES string of the molecule is C=C1NC(=O)c2c(C)cccc21. The number of rotatable bonds is 0. The predicted molar refractivity (Wildman–Crippen MR) is 47.7 cm³/mol. The van der Waals surface area contributed by atoms with Crippen LogP contribution in [0, 0.1) is 6.92 Å². The Balaban J connectivity index is 2.75. The number of carbonyl (C=O) groups excluding carboxylic acids is 1. The average molecular weight is 159 g/mol. The molecule has 0 saturated heterocycles. The monoisotopic (exact) mass is 159 g/mol. The van der Waals surface area contributed by atoms with Gasteiger partial charge in [0.15, 0.2) is 0 Å². The van der Waals surface area contributed by atoms with E-state index in [-0.39, 0.29) is 5.91 Å². The van der Waals surface area contributed by atoms with Crippen molar-refractivity contribution in [3.63, 3.8) is 0 Å². The summed E-state index contributed by atoms with van der Waals surface area (Å²) < 4.78 is 0. The van der Waals surface area contributed by atoms with E-state index in [1.165, 1.54) is 0 Å². The summed E-state index contributed by atoms with van der Waals surface area (Å²) in [5.74, 6) is -0.0342. The van der Waals surface area contributed by atoms with E-state index in [0.29, 0.717) is 5.70 Å². The molecule has 60 valence electrons. The summed E-state index contributed by atoms with van der Waals surface area (Å²) in [7, 11) is 0. The summed E-state index contributed by atoms with van der Waals surface area (Å²) >= 11 is 0. The molecule has 0 atom stereocenters. The summed E-state index contributed by atoms with van der Waals surface area (Å²) in [5.41, 5.74) is 3.41. The Kier molecular flexibility index (Phi) is 1.30. The lowest BCUT2D eigenvalue weighted by Crippen LogP contribution is -2.12. The Morgan fingerprint density at radius 1 is 1.42 bits per heavy atom. The van der Waals surface area contributed by atoms with Crippen molar-refractivity contribution in [2.75, 3.05) is 0 Å².